The maximum atomic E-state index is 11.6. The van der Waals surface area contributed by atoms with Crippen molar-refractivity contribution >= 4 is 47.2 Å². The number of thiophene rings is 1. The van der Waals surface area contributed by atoms with E-state index in [9.17, 15) is 4.79 Å². The second-order valence-electron chi connectivity index (χ2n) is 5.42. The molecule has 1 aromatic heterocycles. The molecule has 0 atom stereocenters. The van der Waals surface area contributed by atoms with Crippen LogP contribution in [-0.4, -0.2) is 25.6 Å². The minimum absolute atomic E-state index is 0. The smallest absolute Gasteiger partial charge is 0.338 e. The summed E-state index contributed by atoms with van der Waals surface area (Å²) in [6.45, 7) is 5.73. The van der Waals surface area contributed by atoms with Gasteiger partial charge in [0.1, 0.15) is 0 Å². The van der Waals surface area contributed by atoms with Crippen LogP contribution in [0.4, 0.5) is 0 Å². The standard InChI is InChI=1S/C19H25N3O2S.HI/c1-4-16-10-11-17(25-16)13-22-19(20-3)21-12-14-6-8-15(9-7-14)18(23)24-5-2;/h6-11H,4-5,12-13H2,1-3H3,(H2,20,21,22);1H. The fraction of sp³-hybridized carbons (Fsp3) is 0.368. The normalized spacial score (nSPS) is 10.8. The van der Waals surface area contributed by atoms with Crippen molar-refractivity contribution < 1.29 is 9.53 Å². The summed E-state index contributed by atoms with van der Waals surface area (Å²) in [5, 5.41) is 6.59. The predicted molar refractivity (Wildman–Crippen MR) is 119 cm³/mol. The minimum atomic E-state index is -0.290. The maximum Gasteiger partial charge on any atom is 0.338 e. The molecule has 2 N–H and O–H groups in total. The monoisotopic (exact) mass is 487 g/mol. The van der Waals surface area contributed by atoms with E-state index in [1.165, 1.54) is 9.75 Å². The molecule has 0 fully saturated rings. The van der Waals surface area contributed by atoms with Gasteiger partial charge in [0.2, 0.25) is 0 Å². The zero-order valence-electron chi connectivity index (χ0n) is 15.4. The average molecular weight is 487 g/mol. The molecule has 0 aliphatic carbocycles. The Morgan fingerprint density at radius 1 is 1.04 bits per heavy atom. The summed E-state index contributed by atoms with van der Waals surface area (Å²) in [7, 11) is 1.76. The maximum absolute atomic E-state index is 11.6. The number of hydrogen-bond donors (Lipinski definition) is 2. The van der Waals surface area contributed by atoms with Gasteiger partial charge in [0, 0.05) is 23.3 Å². The van der Waals surface area contributed by atoms with Crippen LogP contribution in [0.15, 0.2) is 41.4 Å². The lowest BCUT2D eigenvalue weighted by atomic mass is 10.1. The number of rotatable bonds is 7. The van der Waals surface area contributed by atoms with Gasteiger partial charge in [-0.1, -0.05) is 19.1 Å². The molecule has 0 bridgehead atoms. The Bertz CT molecular complexity index is 714. The molecule has 0 unspecified atom stereocenters. The zero-order valence-corrected chi connectivity index (χ0v) is 18.5. The number of carbonyl (C=O) groups excluding carboxylic acids is 1. The van der Waals surface area contributed by atoms with Crippen LogP contribution in [-0.2, 0) is 24.2 Å². The third-order valence-electron chi connectivity index (χ3n) is 3.64. The topological polar surface area (TPSA) is 62.7 Å². The Kier molecular flexibility index (Phi) is 10.3. The van der Waals surface area contributed by atoms with Gasteiger partial charge >= 0.3 is 5.97 Å². The first kappa shape index (κ1) is 22.4. The van der Waals surface area contributed by atoms with Crippen LogP contribution in [0.3, 0.4) is 0 Å². The van der Waals surface area contributed by atoms with E-state index in [2.05, 4.69) is 34.7 Å². The molecular weight excluding hydrogens is 461 g/mol. The highest BCUT2D eigenvalue weighted by Gasteiger charge is 2.06. The first-order chi connectivity index (χ1) is 12.2. The highest BCUT2D eigenvalue weighted by Crippen LogP contribution is 2.16. The third-order valence-corrected chi connectivity index (χ3v) is 4.87. The molecule has 0 aliphatic heterocycles. The lowest BCUT2D eigenvalue weighted by Crippen LogP contribution is -2.36. The molecule has 0 radical (unpaired) electrons. The van der Waals surface area contributed by atoms with E-state index >= 15 is 0 Å². The van der Waals surface area contributed by atoms with Gasteiger partial charge in [0.05, 0.1) is 18.7 Å². The van der Waals surface area contributed by atoms with E-state index in [0.717, 1.165) is 24.5 Å². The molecule has 0 aliphatic rings. The SMILES string of the molecule is CCOC(=O)c1ccc(CNC(=NC)NCc2ccc(CC)s2)cc1.I. The fourth-order valence-corrected chi connectivity index (χ4v) is 3.16. The number of aryl methyl sites for hydroxylation is 1. The summed E-state index contributed by atoms with van der Waals surface area (Å²) in [6, 6.07) is 11.7. The van der Waals surface area contributed by atoms with Crippen LogP contribution >= 0.6 is 35.3 Å². The highest BCUT2D eigenvalue weighted by molar-refractivity contribution is 14.0. The number of guanidine groups is 1. The van der Waals surface area contributed by atoms with Gasteiger partial charge in [-0.25, -0.2) is 4.79 Å². The molecule has 142 valence electrons. The van der Waals surface area contributed by atoms with Crippen molar-refractivity contribution in [3.05, 3.63) is 57.3 Å². The van der Waals surface area contributed by atoms with Crippen molar-refractivity contribution in [2.24, 2.45) is 4.99 Å². The summed E-state index contributed by atoms with van der Waals surface area (Å²) < 4.78 is 4.98. The van der Waals surface area contributed by atoms with E-state index in [0.29, 0.717) is 18.7 Å². The van der Waals surface area contributed by atoms with E-state index in [4.69, 9.17) is 4.74 Å². The molecule has 0 saturated heterocycles. The lowest BCUT2D eigenvalue weighted by molar-refractivity contribution is 0.0526. The van der Waals surface area contributed by atoms with Crippen LogP contribution in [0.2, 0.25) is 0 Å². The van der Waals surface area contributed by atoms with Gasteiger partial charge < -0.3 is 15.4 Å². The lowest BCUT2D eigenvalue weighted by Gasteiger charge is -2.11. The van der Waals surface area contributed by atoms with E-state index in [1.54, 1.807) is 26.1 Å². The molecule has 2 rings (SSSR count). The number of benzene rings is 1. The first-order valence-corrected chi connectivity index (χ1v) is 9.26. The number of aliphatic imine (C=N–C) groups is 1. The van der Waals surface area contributed by atoms with Gasteiger partial charge in [-0.2, -0.15) is 0 Å². The Hall–Kier alpha value is -1.61. The molecule has 1 aromatic carbocycles. The number of ether oxygens (including phenoxy) is 1. The predicted octanol–water partition coefficient (Wildman–Crippen LogP) is 3.97. The molecule has 7 heteroatoms. The third kappa shape index (κ3) is 6.95. The van der Waals surface area contributed by atoms with Crippen LogP contribution in [0.25, 0.3) is 0 Å². The van der Waals surface area contributed by atoms with Crippen LogP contribution in [0, 0.1) is 0 Å². The van der Waals surface area contributed by atoms with E-state index in [-0.39, 0.29) is 29.9 Å². The molecule has 5 nitrogen and oxygen atoms in total. The van der Waals surface area contributed by atoms with Gasteiger partial charge in [0.25, 0.3) is 0 Å². The number of hydrogen-bond acceptors (Lipinski definition) is 4. The second kappa shape index (κ2) is 11.9. The number of esters is 1. The fourth-order valence-electron chi connectivity index (χ4n) is 2.26. The summed E-state index contributed by atoms with van der Waals surface area (Å²) in [6.07, 6.45) is 1.07. The molecule has 0 amide bonds. The van der Waals surface area contributed by atoms with Gasteiger partial charge in [-0.15, -0.1) is 35.3 Å². The highest BCUT2D eigenvalue weighted by atomic mass is 127. The van der Waals surface area contributed by atoms with Crippen molar-refractivity contribution in [2.45, 2.75) is 33.4 Å². The largest absolute Gasteiger partial charge is 0.462 e. The first-order valence-electron chi connectivity index (χ1n) is 8.44. The van der Waals surface area contributed by atoms with Crippen molar-refractivity contribution in [3.8, 4) is 0 Å². The summed E-state index contributed by atoms with van der Waals surface area (Å²) in [4.78, 5) is 18.6. The molecule has 26 heavy (non-hydrogen) atoms. The van der Waals surface area contributed by atoms with E-state index < -0.39 is 0 Å². The quantitative estimate of drug-likeness (QED) is 0.269. The Balaban J connectivity index is 0.00000338. The van der Waals surface area contributed by atoms with Gasteiger partial charge in [0.15, 0.2) is 5.96 Å². The van der Waals surface area contributed by atoms with Gasteiger partial charge in [-0.3, -0.25) is 4.99 Å². The summed E-state index contributed by atoms with van der Waals surface area (Å²) in [5.41, 5.74) is 1.64. The van der Waals surface area contributed by atoms with Gasteiger partial charge in [-0.05, 0) is 43.2 Å². The second-order valence-corrected chi connectivity index (χ2v) is 6.67. The van der Waals surface area contributed by atoms with Crippen LogP contribution < -0.4 is 10.6 Å². The van der Waals surface area contributed by atoms with Crippen LogP contribution in [0.5, 0.6) is 0 Å². The number of nitrogens with one attached hydrogen (secondary N) is 2. The van der Waals surface area contributed by atoms with Crippen molar-refractivity contribution in [1.82, 2.24) is 10.6 Å². The number of nitrogens with zero attached hydrogens (tertiary/aromatic N) is 1. The Morgan fingerprint density at radius 3 is 2.27 bits per heavy atom. The zero-order chi connectivity index (χ0) is 18.1. The Morgan fingerprint density at radius 2 is 1.69 bits per heavy atom. The molecular formula is C19H26IN3O2S. The minimum Gasteiger partial charge on any atom is -0.462 e. The summed E-state index contributed by atoms with van der Waals surface area (Å²) >= 11 is 1.82. The van der Waals surface area contributed by atoms with Crippen molar-refractivity contribution in [2.75, 3.05) is 13.7 Å². The van der Waals surface area contributed by atoms with Crippen molar-refractivity contribution in [3.63, 3.8) is 0 Å². The molecule has 0 spiro atoms. The van der Waals surface area contributed by atoms with Crippen LogP contribution in [0.1, 0.15) is 39.5 Å². The van der Waals surface area contributed by atoms with E-state index in [1.807, 2.05) is 23.5 Å². The Labute approximate surface area is 176 Å². The summed E-state index contributed by atoms with van der Waals surface area (Å²) in [5.74, 6) is 0.461. The molecule has 0 saturated carbocycles. The number of halogens is 1. The molecule has 2 aromatic rings. The molecule has 1 heterocycles. The van der Waals surface area contributed by atoms with Crippen molar-refractivity contribution in [1.29, 1.82) is 0 Å². The average Bonchev–Trinajstić information content (AvgIpc) is 3.10. The number of carbonyl (C=O) groups is 1.